The molecule has 0 aliphatic heterocycles. The fraction of sp³-hybridized carbons (Fsp3) is 0.611. The molecule has 0 fully saturated rings. The number of anilines is 1. The van der Waals surface area contributed by atoms with Crippen molar-refractivity contribution < 1.29 is 4.79 Å². The first-order chi connectivity index (χ1) is 9.61. The number of unbranched alkanes of at least 4 members (excludes halogenated alkanes) is 4. The van der Waals surface area contributed by atoms with Gasteiger partial charge in [0, 0.05) is 12.1 Å². The quantitative estimate of drug-likeness (QED) is 0.618. The minimum absolute atomic E-state index is 0.137. The van der Waals surface area contributed by atoms with Crippen LogP contribution in [0.5, 0.6) is 0 Å². The van der Waals surface area contributed by atoms with Crippen molar-refractivity contribution in [3.63, 3.8) is 0 Å². The van der Waals surface area contributed by atoms with E-state index in [-0.39, 0.29) is 5.91 Å². The van der Waals surface area contributed by atoms with Gasteiger partial charge >= 0.3 is 0 Å². The van der Waals surface area contributed by atoms with Gasteiger partial charge in [-0.15, -0.1) is 0 Å². The first-order valence-corrected chi connectivity index (χ1v) is 8.00. The lowest BCUT2D eigenvalue weighted by molar-refractivity contribution is -0.116. The van der Waals surface area contributed by atoms with Crippen molar-refractivity contribution in [2.75, 3.05) is 5.32 Å². The standard InChI is InChI=1S/C18H29NO/c1-4-5-6-7-8-9-18(20)19-17-12-10-16(11-13-17)14-15(2)3/h10-13,15H,4-9,14H2,1-3H3,(H,19,20). The van der Waals surface area contributed by atoms with Crippen LogP contribution in [0.2, 0.25) is 0 Å². The first-order valence-electron chi connectivity index (χ1n) is 8.00. The highest BCUT2D eigenvalue weighted by Gasteiger charge is 2.03. The number of benzene rings is 1. The smallest absolute Gasteiger partial charge is 0.224 e. The molecule has 1 aromatic carbocycles. The molecule has 20 heavy (non-hydrogen) atoms. The van der Waals surface area contributed by atoms with Crippen molar-refractivity contribution in [3.05, 3.63) is 29.8 Å². The van der Waals surface area contributed by atoms with Crippen LogP contribution in [0.3, 0.4) is 0 Å². The number of carbonyl (C=O) groups excluding carboxylic acids is 1. The molecule has 0 aliphatic carbocycles. The molecule has 2 heteroatoms. The SMILES string of the molecule is CCCCCCCC(=O)Nc1ccc(CC(C)C)cc1. The largest absolute Gasteiger partial charge is 0.326 e. The zero-order valence-electron chi connectivity index (χ0n) is 13.2. The summed E-state index contributed by atoms with van der Waals surface area (Å²) in [5, 5.41) is 2.97. The van der Waals surface area contributed by atoms with E-state index >= 15 is 0 Å². The van der Waals surface area contributed by atoms with Crippen molar-refractivity contribution in [1.29, 1.82) is 0 Å². The molecular formula is C18H29NO. The summed E-state index contributed by atoms with van der Waals surface area (Å²) < 4.78 is 0. The number of nitrogens with one attached hydrogen (secondary N) is 1. The summed E-state index contributed by atoms with van der Waals surface area (Å²) in [5.41, 5.74) is 2.24. The number of hydrogen-bond donors (Lipinski definition) is 1. The summed E-state index contributed by atoms with van der Waals surface area (Å²) in [6, 6.07) is 8.23. The van der Waals surface area contributed by atoms with Gasteiger partial charge in [0.1, 0.15) is 0 Å². The molecule has 0 saturated heterocycles. The van der Waals surface area contributed by atoms with Crippen LogP contribution in [0.25, 0.3) is 0 Å². The molecule has 0 unspecified atom stereocenters. The van der Waals surface area contributed by atoms with E-state index in [2.05, 4.69) is 38.2 Å². The predicted octanol–water partition coefficient (Wildman–Crippen LogP) is 5.18. The Balaban J connectivity index is 2.27. The van der Waals surface area contributed by atoms with Crippen LogP contribution in [-0.2, 0) is 11.2 Å². The van der Waals surface area contributed by atoms with Gasteiger partial charge < -0.3 is 5.32 Å². The second-order valence-electron chi connectivity index (χ2n) is 6.01. The molecule has 0 saturated carbocycles. The van der Waals surface area contributed by atoms with Crippen molar-refractivity contribution in [1.82, 2.24) is 0 Å². The Kier molecular flexibility index (Phi) is 8.01. The average molecular weight is 275 g/mol. The van der Waals surface area contributed by atoms with E-state index in [0.717, 1.165) is 24.9 Å². The minimum atomic E-state index is 0.137. The topological polar surface area (TPSA) is 29.1 Å². The molecule has 0 radical (unpaired) electrons. The van der Waals surface area contributed by atoms with Gasteiger partial charge in [-0.05, 0) is 36.5 Å². The van der Waals surface area contributed by atoms with Crippen LogP contribution in [0.1, 0.15) is 64.9 Å². The van der Waals surface area contributed by atoms with Crippen molar-refractivity contribution >= 4 is 11.6 Å². The highest BCUT2D eigenvalue weighted by molar-refractivity contribution is 5.90. The molecule has 0 spiro atoms. The third kappa shape index (κ3) is 7.32. The second kappa shape index (κ2) is 9.57. The lowest BCUT2D eigenvalue weighted by Gasteiger charge is -2.08. The molecular weight excluding hydrogens is 246 g/mol. The third-order valence-electron chi connectivity index (χ3n) is 3.39. The van der Waals surface area contributed by atoms with Crippen molar-refractivity contribution in [2.45, 2.75) is 65.7 Å². The summed E-state index contributed by atoms with van der Waals surface area (Å²) in [7, 11) is 0. The Morgan fingerprint density at radius 1 is 1.05 bits per heavy atom. The molecule has 1 rings (SSSR count). The zero-order valence-corrected chi connectivity index (χ0v) is 13.2. The second-order valence-corrected chi connectivity index (χ2v) is 6.01. The third-order valence-corrected chi connectivity index (χ3v) is 3.39. The summed E-state index contributed by atoms with van der Waals surface area (Å²) in [4.78, 5) is 11.8. The van der Waals surface area contributed by atoms with Gasteiger partial charge in [0.2, 0.25) is 5.91 Å². The van der Waals surface area contributed by atoms with Gasteiger partial charge in [0.15, 0.2) is 0 Å². The van der Waals surface area contributed by atoms with Crippen LogP contribution in [0.15, 0.2) is 24.3 Å². The van der Waals surface area contributed by atoms with E-state index < -0.39 is 0 Å². The Morgan fingerprint density at radius 2 is 1.70 bits per heavy atom. The molecule has 2 nitrogen and oxygen atoms in total. The molecule has 1 N–H and O–H groups in total. The van der Waals surface area contributed by atoms with E-state index in [0.29, 0.717) is 12.3 Å². The van der Waals surface area contributed by atoms with E-state index in [1.807, 2.05) is 12.1 Å². The van der Waals surface area contributed by atoms with Gasteiger partial charge in [-0.3, -0.25) is 4.79 Å². The van der Waals surface area contributed by atoms with Gasteiger partial charge in [0.25, 0.3) is 0 Å². The molecule has 1 aromatic rings. The van der Waals surface area contributed by atoms with Gasteiger partial charge in [-0.25, -0.2) is 0 Å². The van der Waals surface area contributed by atoms with Crippen molar-refractivity contribution in [2.24, 2.45) is 5.92 Å². The highest BCUT2D eigenvalue weighted by Crippen LogP contribution is 2.14. The lowest BCUT2D eigenvalue weighted by Crippen LogP contribution is -2.11. The van der Waals surface area contributed by atoms with Crippen LogP contribution in [-0.4, -0.2) is 5.91 Å². The monoisotopic (exact) mass is 275 g/mol. The number of amides is 1. The maximum Gasteiger partial charge on any atom is 0.224 e. The maximum atomic E-state index is 11.8. The predicted molar refractivity (Wildman–Crippen MR) is 87.0 cm³/mol. The van der Waals surface area contributed by atoms with Crippen LogP contribution >= 0.6 is 0 Å². The van der Waals surface area contributed by atoms with Crippen LogP contribution in [0.4, 0.5) is 5.69 Å². The van der Waals surface area contributed by atoms with Gasteiger partial charge in [-0.1, -0.05) is 58.6 Å². The molecule has 1 amide bonds. The Hall–Kier alpha value is -1.31. The normalized spacial score (nSPS) is 10.8. The molecule has 112 valence electrons. The lowest BCUT2D eigenvalue weighted by atomic mass is 10.0. The average Bonchev–Trinajstić information content (AvgIpc) is 2.40. The Labute approximate surface area is 124 Å². The van der Waals surface area contributed by atoms with Crippen molar-refractivity contribution in [3.8, 4) is 0 Å². The summed E-state index contributed by atoms with van der Waals surface area (Å²) in [6.07, 6.45) is 7.65. The van der Waals surface area contributed by atoms with E-state index in [9.17, 15) is 4.79 Å². The number of hydrogen-bond acceptors (Lipinski definition) is 1. The molecule has 0 heterocycles. The van der Waals surface area contributed by atoms with E-state index in [1.165, 1.54) is 24.8 Å². The van der Waals surface area contributed by atoms with Gasteiger partial charge in [-0.2, -0.15) is 0 Å². The first kappa shape index (κ1) is 16.7. The summed E-state index contributed by atoms with van der Waals surface area (Å²) in [5.74, 6) is 0.802. The summed E-state index contributed by atoms with van der Waals surface area (Å²) >= 11 is 0. The minimum Gasteiger partial charge on any atom is -0.326 e. The highest BCUT2D eigenvalue weighted by atomic mass is 16.1. The Morgan fingerprint density at radius 3 is 2.30 bits per heavy atom. The molecule has 0 atom stereocenters. The zero-order chi connectivity index (χ0) is 14.8. The fourth-order valence-corrected chi connectivity index (χ4v) is 2.31. The molecule has 0 aliphatic rings. The van der Waals surface area contributed by atoms with Gasteiger partial charge in [0.05, 0.1) is 0 Å². The van der Waals surface area contributed by atoms with E-state index in [4.69, 9.17) is 0 Å². The number of rotatable bonds is 9. The van der Waals surface area contributed by atoms with Crippen LogP contribution in [0, 0.1) is 5.92 Å². The fourth-order valence-electron chi connectivity index (χ4n) is 2.31. The van der Waals surface area contributed by atoms with Crippen LogP contribution < -0.4 is 5.32 Å². The molecule has 0 bridgehead atoms. The number of carbonyl (C=O) groups is 1. The maximum absolute atomic E-state index is 11.8. The summed E-state index contributed by atoms with van der Waals surface area (Å²) in [6.45, 7) is 6.64. The Bertz CT molecular complexity index is 381. The molecule has 0 aromatic heterocycles. The van der Waals surface area contributed by atoms with E-state index in [1.54, 1.807) is 0 Å².